The fourth-order valence-electron chi connectivity index (χ4n) is 2.79. The molecule has 7 nitrogen and oxygen atoms in total. The van der Waals surface area contributed by atoms with Crippen molar-refractivity contribution in [3.05, 3.63) is 35.9 Å². The molecule has 1 aromatic carbocycles. The Morgan fingerprint density at radius 3 is 2.35 bits per heavy atom. The van der Waals surface area contributed by atoms with Crippen LogP contribution in [0.4, 0.5) is 4.79 Å². The molecule has 26 heavy (non-hydrogen) atoms. The van der Waals surface area contributed by atoms with Crippen LogP contribution in [-0.4, -0.2) is 59.6 Å². The van der Waals surface area contributed by atoms with Crippen molar-refractivity contribution in [3.63, 3.8) is 0 Å². The van der Waals surface area contributed by atoms with Gasteiger partial charge in [-0.05, 0) is 33.3 Å². The van der Waals surface area contributed by atoms with Crippen molar-refractivity contribution in [2.75, 3.05) is 26.2 Å². The van der Waals surface area contributed by atoms with Gasteiger partial charge in [-0.15, -0.1) is 0 Å². The van der Waals surface area contributed by atoms with Crippen LogP contribution >= 0.6 is 0 Å². The first-order chi connectivity index (χ1) is 12.2. The normalized spacial score (nSPS) is 17.6. The van der Waals surface area contributed by atoms with Gasteiger partial charge >= 0.3 is 18.0 Å². The van der Waals surface area contributed by atoms with Gasteiger partial charge in [0.25, 0.3) is 0 Å². The van der Waals surface area contributed by atoms with Crippen molar-refractivity contribution < 1.29 is 23.9 Å². The van der Waals surface area contributed by atoms with E-state index in [1.54, 1.807) is 32.6 Å². The predicted molar refractivity (Wildman–Crippen MR) is 95.3 cm³/mol. The third kappa shape index (κ3) is 4.97. The smallest absolute Gasteiger partial charge is 0.410 e. The number of ether oxygens (including phenoxy) is 2. The average molecular weight is 362 g/mol. The van der Waals surface area contributed by atoms with Crippen molar-refractivity contribution in [2.24, 2.45) is 0 Å². The highest BCUT2D eigenvalue weighted by Gasteiger charge is 2.37. The number of hydrogen-bond donors (Lipinski definition) is 0. The van der Waals surface area contributed by atoms with Crippen molar-refractivity contribution >= 4 is 18.0 Å². The van der Waals surface area contributed by atoms with Crippen LogP contribution in [-0.2, 0) is 19.1 Å². The molecule has 0 radical (unpaired) electrons. The van der Waals surface area contributed by atoms with E-state index >= 15 is 0 Å². The molecule has 0 saturated carbocycles. The maximum absolute atomic E-state index is 12.5. The van der Waals surface area contributed by atoms with Gasteiger partial charge in [0.2, 0.25) is 0 Å². The lowest BCUT2D eigenvalue weighted by Crippen LogP contribution is -2.54. The van der Waals surface area contributed by atoms with Crippen LogP contribution in [0.15, 0.2) is 30.3 Å². The molecule has 1 aliphatic rings. The molecule has 2 amide bonds. The Morgan fingerprint density at radius 2 is 1.77 bits per heavy atom. The summed E-state index contributed by atoms with van der Waals surface area (Å²) in [5.74, 6) is -1.57. The quantitative estimate of drug-likeness (QED) is 0.596. The second-order valence-corrected chi connectivity index (χ2v) is 7.07. The second-order valence-electron chi connectivity index (χ2n) is 7.07. The monoisotopic (exact) mass is 362 g/mol. The van der Waals surface area contributed by atoms with Crippen LogP contribution in [0, 0.1) is 0 Å². The maximum atomic E-state index is 12.5. The minimum absolute atomic E-state index is 0.137. The van der Waals surface area contributed by atoms with Crippen LogP contribution < -0.4 is 0 Å². The lowest BCUT2D eigenvalue weighted by Gasteiger charge is -2.41. The summed E-state index contributed by atoms with van der Waals surface area (Å²) in [5.41, 5.74) is 0.246. The number of esters is 1. The Hall–Kier alpha value is -2.57. The zero-order valence-electron chi connectivity index (χ0n) is 15.7. The number of carbonyl (C=O) groups is 3. The van der Waals surface area contributed by atoms with Gasteiger partial charge in [-0.3, -0.25) is 4.79 Å². The summed E-state index contributed by atoms with van der Waals surface area (Å²) in [7, 11) is 0. The number of benzene rings is 1. The molecule has 0 spiro atoms. The van der Waals surface area contributed by atoms with E-state index in [0.717, 1.165) is 5.56 Å². The molecule has 0 N–H and O–H groups in total. The van der Waals surface area contributed by atoms with E-state index in [4.69, 9.17) is 9.47 Å². The number of amides is 2. The molecule has 1 aromatic rings. The van der Waals surface area contributed by atoms with E-state index in [1.807, 2.05) is 30.3 Å². The van der Waals surface area contributed by atoms with Gasteiger partial charge in [0.15, 0.2) is 0 Å². The summed E-state index contributed by atoms with van der Waals surface area (Å²) in [6, 6.07) is 8.89. The van der Waals surface area contributed by atoms with E-state index in [0.29, 0.717) is 6.54 Å². The SMILES string of the molecule is CCOC(=O)C(=O)N1CCN(C(=O)OC(C)(C)C)C[C@H]1c1ccccc1. The third-order valence-corrected chi connectivity index (χ3v) is 3.93. The highest BCUT2D eigenvalue weighted by Crippen LogP contribution is 2.27. The van der Waals surface area contributed by atoms with Gasteiger partial charge in [0.05, 0.1) is 12.6 Å². The standard InChI is InChI=1S/C19H26N2O5/c1-5-25-17(23)16(22)21-12-11-20(18(24)26-19(2,3)4)13-15(21)14-9-7-6-8-10-14/h6-10,15H,5,11-13H2,1-4H3/t15-/m0/s1. The molecule has 1 heterocycles. The molecule has 142 valence electrons. The number of carbonyl (C=O) groups excluding carboxylic acids is 3. The maximum Gasteiger partial charge on any atom is 0.410 e. The Morgan fingerprint density at radius 1 is 1.12 bits per heavy atom. The average Bonchev–Trinajstić information content (AvgIpc) is 2.60. The van der Waals surface area contributed by atoms with Crippen molar-refractivity contribution in [2.45, 2.75) is 39.3 Å². The van der Waals surface area contributed by atoms with Crippen LogP contribution in [0.3, 0.4) is 0 Å². The number of piperazine rings is 1. The van der Waals surface area contributed by atoms with Gasteiger partial charge in [0.1, 0.15) is 5.60 Å². The van der Waals surface area contributed by atoms with Crippen molar-refractivity contribution in [1.29, 1.82) is 0 Å². The van der Waals surface area contributed by atoms with Gasteiger partial charge in [0, 0.05) is 19.6 Å². The zero-order chi connectivity index (χ0) is 19.3. The summed E-state index contributed by atoms with van der Waals surface area (Å²) in [6.45, 7) is 7.99. The first-order valence-corrected chi connectivity index (χ1v) is 8.73. The minimum Gasteiger partial charge on any atom is -0.459 e. The zero-order valence-corrected chi connectivity index (χ0v) is 15.7. The topological polar surface area (TPSA) is 76.2 Å². The number of hydrogen-bond acceptors (Lipinski definition) is 5. The third-order valence-electron chi connectivity index (χ3n) is 3.93. The van der Waals surface area contributed by atoms with Crippen LogP contribution in [0.1, 0.15) is 39.3 Å². The molecular weight excluding hydrogens is 336 g/mol. The van der Waals surface area contributed by atoms with E-state index in [-0.39, 0.29) is 19.7 Å². The second kappa shape index (κ2) is 8.21. The van der Waals surface area contributed by atoms with Crippen molar-refractivity contribution in [1.82, 2.24) is 9.80 Å². The Balaban J connectivity index is 2.22. The summed E-state index contributed by atoms with van der Waals surface area (Å²) in [4.78, 5) is 39.8. The molecule has 1 atom stereocenters. The summed E-state index contributed by atoms with van der Waals surface area (Å²) in [5, 5.41) is 0. The highest BCUT2D eigenvalue weighted by atomic mass is 16.6. The largest absolute Gasteiger partial charge is 0.459 e. The Bertz CT molecular complexity index is 654. The van der Waals surface area contributed by atoms with Crippen LogP contribution in [0.2, 0.25) is 0 Å². The molecule has 0 unspecified atom stereocenters. The van der Waals surface area contributed by atoms with Gasteiger partial charge in [-0.2, -0.15) is 0 Å². The fourth-order valence-corrected chi connectivity index (χ4v) is 2.79. The first-order valence-electron chi connectivity index (χ1n) is 8.73. The summed E-state index contributed by atoms with van der Waals surface area (Å²) < 4.78 is 10.3. The fraction of sp³-hybridized carbons (Fsp3) is 0.526. The van der Waals surface area contributed by atoms with Crippen LogP contribution in [0.25, 0.3) is 0 Å². The molecule has 0 aliphatic carbocycles. The molecule has 2 rings (SSSR count). The molecule has 1 aliphatic heterocycles. The van der Waals surface area contributed by atoms with Gasteiger partial charge in [-0.25, -0.2) is 9.59 Å². The molecule has 1 saturated heterocycles. The molecule has 0 aromatic heterocycles. The summed E-state index contributed by atoms with van der Waals surface area (Å²) in [6.07, 6.45) is -0.429. The van der Waals surface area contributed by atoms with E-state index < -0.39 is 29.6 Å². The molecule has 0 bridgehead atoms. The number of rotatable bonds is 2. The first kappa shape index (κ1) is 19.8. The van der Waals surface area contributed by atoms with Gasteiger partial charge in [-0.1, -0.05) is 30.3 Å². The number of nitrogens with zero attached hydrogens (tertiary/aromatic N) is 2. The lowest BCUT2D eigenvalue weighted by molar-refractivity contribution is -0.162. The molecule has 7 heteroatoms. The van der Waals surface area contributed by atoms with Gasteiger partial charge < -0.3 is 19.3 Å². The lowest BCUT2D eigenvalue weighted by atomic mass is 10.0. The Kier molecular flexibility index (Phi) is 6.23. The molecular formula is C19H26N2O5. The highest BCUT2D eigenvalue weighted by molar-refractivity contribution is 6.32. The minimum atomic E-state index is -0.876. The van der Waals surface area contributed by atoms with E-state index in [2.05, 4.69) is 0 Å². The Labute approximate surface area is 153 Å². The van der Waals surface area contributed by atoms with E-state index in [1.165, 1.54) is 4.90 Å². The molecule has 1 fully saturated rings. The van der Waals surface area contributed by atoms with E-state index in [9.17, 15) is 14.4 Å². The summed E-state index contributed by atoms with van der Waals surface area (Å²) >= 11 is 0. The van der Waals surface area contributed by atoms with Crippen LogP contribution in [0.5, 0.6) is 0 Å². The van der Waals surface area contributed by atoms with Crippen molar-refractivity contribution in [3.8, 4) is 0 Å². The predicted octanol–water partition coefficient (Wildman–Crippen LogP) is 2.37.